The molecule has 9 heteroatoms. The first kappa shape index (κ1) is 30.8. The molecule has 0 radical (unpaired) electrons. The van der Waals surface area contributed by atoms with Crippen LogP contribution >= 0.6 is 0 Å². The summed E-state index contributed by atoms with van der Waals surface area (Å²) in [6.45, 7) is 5.73. The molecule has 0 aliphatic carbocycles. The summed E-state index contributed by atoms with van der Waals surface area (Å²) in [5.41, 5.74) is 2.02. The van der Waals surface area contributed by atoms with E-state index in [-0.39, 0.29) is 31.0 Å². The monoisotopic (exact) mass is 533 g/mol. The summed E-state index contributed by atoms with van der Waals surface area (Å²) in [5, 5.41) is 17.1. The van der Waals surface area contributed by atoms with Crippen LogP contribution in [0.25, 0.3) is 0 Å². The number of carbonyl (C=O) groups is 1. The van der Waals surface area contributed by atoms with Gasteiger partial charge in [0.15, 0.2) is 0 Å². The van der Waals surface area contributed by atoms with Crippen LogP contribution in [0.3, 0.4) is 0 Å². The van der Waals surface area contributed by atoms with E-state index in [1.807, 2.05) is 68.4 Å². The fraction of sp³-hybridized carbons (Fsp3) is 0.536. The Hall–Kier alpha value is -2.46. The first-order chi connectivity index (χ1) is 17.8. The lowest BCUT2D eigenvalue weighted by Crippen LogP contribution is -2.48. The minimum atomic E-state index is -3.39. The first-order valence-corrected chi connectivity index (χ1v) is 14.7. The van der Waals surface area contributed by atoms with Crippen molar-refractivity contribution >= 4 is 15.9 Å². The van der Waals surface area contributed by atoms with Crippen molar-refractivity contribution < 1.29 is 23.1 Å². The Kier molecular flexibility index (Phi) is 13.6. The number of benzene rings is 2. The summed E-state index contributed by atoms with van der Waals surface area (Å²) in [7, 11) is -1.77. The van der Waals surface area contributed by atoms with Crippen LogP contribution in [0.4, 0.5) is 0 Å². The minimum Gasteiger partial charge on any atom is -0.497 e. The maximum atomic E-state index is 12.8. The Morgan fingerprint density at radius 2 is 1.70 bits per heavy atom. The van der Waals surface area contributed by atoms with Crippen LogP contribution in [0.5, 0.6) is 5.75 Å². The van der Waals surface area contributed by atoms with Gasteiger partial charge >= 0.3 is 0 Å². The molecule has 0 heterocycles. The van der Waals surface area contributed by atoms with E-state index in [0.717, 1.165) is 29.7 Å². The fourth-order valence-electron chi connectivity index (χ4n) is 4.15. The van der Waals surface area contributed by atoms with Gasteiger partial charge in [-0.2, -0.15) is 0 Å². The molecule has 0 aliphatic heterocycles. The lowest BCUT2D eigenvalue weighted by atomic mass is 10.0. The number of nitrogens with zero attached hydrogens (tertiary/aromatic N) is 1. The lowest BCUT2D eigenvalue weighted by molar-refractivity contribution is -0.122. The zero-order valence-corrected chi connectivity index (χ0v) is 23.2. The molecule has 2 aromatic rings. The second-order valence-corrected chi connectivity index (χ2v) is 11.3. The summed E-state index contributed by atoms with van der Waals surface area (Å²) in [6, 6.07) is 16.9. The van der Waals surface area contributed by atoms with Crippen molar-refractivity contribution in [1.82, 2.24) is 14.9 Å². The molecule has 0 saturated heterocycles. The van der Waals surface area contributed by atoms with Crippen molar-refractivity contribution in [3.63, 3.8) is 0 Å². The molecule has 0 aliphatic rings. The molecule has 8 nitrogen and oxygen atoms in total. The highest BCUT2D eigenvalue weighted by Gasteiger charge is 2.23. The quantitative estimate of drug-likeness (QED) is 0.272. The number of aliphatic hydroxyl groups is 1. The Morgan fingerprint density at radius 1 is 1.03 bits per heavy atom. The van der Waals surface area contributed by atoms with E-state index < -0.39 is 22.2 Å². The second-order valence-electron chi connectivity index (χ2n) is 9.23. The molecule has 0 spiro atoms. The fourth-order valence-corrected chi connectivity index (χ4v) is 5.84. The van der Waals surface area contributed by atoms with Crippen molar-refractivity contribution in [2.24, 2.45) is 0 Å². The molecule has 0 aromatic heterocycles. The number of hydrogen-bond acceptors (Lipinski definition) is 6. The van der Waals surface area contributed by atoms with Gasteiger partial charge in [-0.25, -0.2) is 12.7 Å². The van der Waals surface area contributed by atoms with Crippen LogP contribution < -0.4 is 15.4 Å². The molecular formula is C28H43N3O5S. The molecule has 3 N–H and O–H groups in total. The van der Waals surface area contributed by atoms with E-state index in [4.69, 9.17) is 4.74 Å². The molecule has 2 rings (SSSR count). The summed E-state index contributed by atoms with van der Waals surface area (Å²) in [5.74, 6) is 0.443. The van der Waals surface area contributed by atoms with Gasteiger partial charge in [-0.05, 0) is 48.9 Å². The first-order valence-electron chi connectivity index (χ1n) is 13.1. The van der Waals surface area contributed by atoms with Crippen molar-refractivity contribution in [2.75, 3.05) is 32.5 Å². The number of amides is 1. The summed E-state index contributed by atoms with van der Waals surface area (Å²) < 4.78 is 32.1. The maximum absolute atomic E-state index is 12.8. The van der Waals surface area contributed by atoms with Gasteiger partial charge in [0.05, 0.1) is 25.0 Å². The Bertz CT molecular complexity index is 1030. The standard InChI is InChI=1S/C28H43N3O5S/c1-4-16-31(17-5-2)37(34,35)18-10-15-28(33)30-26(20-23-11-7-6-8-12-23)27(32)22-29-21-24-13-9-14-25(19-24)36-3/h6-9,11-14,19,26-27,29,32H,4-5,10,15-18,20-22H2,1-3H3,(H,30,33)/t26-,27-/m0/s1. The summed E-state index contributed by atoms with van der Waals surface area (Å²) >= 11 is 0. The largest absolute Gasteiger partial charge is 0.497 e. The van der Waals surface area contributed by atoms with Gasteiger partial charge in [0.25, 0.3) is 0 Å². The molecule has 37 heavy (non-hydrogen) atoms. The third-order valence-corrected chi connectivity index (χ3v) is 8.03. The number of nitrogens with one attached hydrogen (secondary N) is 2. The normalized spacial score (nSPS) is 13.3. The third-order valence-electron chi connectivity index (χ3n) is 6.07. The number of hydrogen-bond donors (Lipinski definition) is 3. The molecule has 2 atom stereocenters. The Morgan fingerprint density at radius 3 is 2.35 bits per heavy atom. The summed E-state index contributed by atoms with van der Waals surface area (Å²) in [4.78, 5) is 12.8. The number of sulfonamides is 1. The zero-order chi connectivity index (χ0) is 27.1. The summed E-state index contributed by atoms with van der Waals surface area (Å²) in [6.07, 6.45) is 1.46. The lowest BCUT2D eigenvalue weighted by Gasteiger charge is -2.25. The highest BCUT2D eigenvalue weighted by molar-refractivity contribution is 7.89. The van der Waals surface area contributed by atoms with Gasteiger partial charge in [-0.15, -0.1) is 0 Å². The average Bonchev–Trinajstić information content (AvgIpc) is 2.88. The predicted molar refractivity (Wildman–Crippen MR) is 148 cm³/mol. The van der Waals surface area contributed by atoms with Crippen LogP contribution in [0.1, 0.15) is 50.7 Å². The van der Waals surface area contributed by atoms with E-state index in [1.165, 1.54) is 4.31 Å². The minimum absolute atomic E-state index is 0.0611. The van der Waals surface area contributed by atoms with Crippen molar-refractivity contribution in [1.29, 1.82) is 0 Å². The molecule has 0 fully saturated rings. The van der Waals surface area contributed by atoms with Crippen molar-refractivity contribution in [2.45, 2.75) is 64.6 Å². The molecule has 1 amide bonds. The maximum Gasteiger partial charge on any atom is 0.220 e. The van der Waals surface area contributed by atoms with Crippen LogP contribution in [0.2, 0.25) is 0 Å². The molecule has 2 aromatic carbocycles. The number of methoxy groups -OCH3 is 1. The van der Waals surface area contributed by atoms with Crippen molar-refractivity contribution in [3.05, 3.63) is 65.7 Å². The van der Waals surface area contributed by atoms with Crippen LogP contribution in [-0.4, -0.2) is 68.4 Å². The molecule has 0 bridgehead atoms. The van der Waals surface area contributed by atoms with E-state index in [2.05, 4.69) is 10.6 Å². The SMILES string of the molecule is CCCN(CCC)S(=O)(=O)CCCC(=O)N[C@@H](Cc1ccccc1)[C@@H](O)CNCc1cccc(OC)c1. The number of rotatable bonds is 18. The van der Waals surface area contributed by atoms with Gasteiger partial charge in [0.2, 0.25) is 15.9 Å². The second kappa shape index (κ2) is 16.4. The van der Waals surface area contributed by atoms with Crippen LogP contribution in [-0.2, 0) is 27.8 Å². The number of ether oxygens (including phenoxy) is 1. The van der Waals surface area contributed by atoms with Crippen LogP contribution in [0, 0.1) is 0 Å². The van der Waals surface area contributed by atoms with E-state index in [0.29, 0.717) is 26.1 Å². The number of carbonyl (C=O) groups excluding carboxylic acids is 1. The van der Waals surface area contributed by atoms with Gasteiger partial charge in [0.1, 0.15) is 5.75 Å². The van der Waals surface area contributed by atoms with Crippen molar-refractivity contribution in [3.8, 4) is 5.75 Å². The smallest absolute Gasteiger partial charge is 0.220 e. The predicted octanol–water partition coefficient (Wildman–Crippen LogP) is 3.11. The topological polar surface area (TPSA) is 108 Å². The third kappa shape index (κ3) is 11.2. The van der Waals surface area contributed by atoms with Gasteiger partial charge in [0, 0.05) is 32.6 Å². The van der Waals surface area contributed by atoms with Gasteiger partial charge < -0.3 is 20.5 Å². The average molecular weight is 534 g/mol. The molecule has 206 valence electrons. The number of aliphatic hydroxyl groups excluding tert-OH is 1. The van der Waals surface area contributed by atoms with Crippen LogP contribution in [0.15, 0.2) is 54.6 Å². The molecule has 0 saturated carbocycles. The molecular weight excluding hydrogens is 490 g/mol. The Balaban J connectivity index is 1.94. The van der Waals surface area contributed by atoms with Gasteiger partial charge in [-0.3, -0.25) is 4.79 Å². The zero-order valence-electron chi connectivity index (χ0n) is 22.4. The van der Waals surface area contributed by atoms with E-state index in [1.54, 1.807) is 7.11 Å². The Labute approximate surface area is 222 Å². The molecule has 0 unspecified atom stereocenters. The highest BCUT2D eigenvalue weighted by Crippen LogP contribution is 2.13. The van der Waals surface area contributed by atoms with E-state index >= 15 is 0 Å². The van der Waals surface area contributed by atoms with Gasteiger partial charge in [-0.1, -0.05) is 56.3 Å². The highest BCUT2D eigenvalue weighted by atomic mass is 32.2. The van der Waals surface area contributed by atoms with E-state index in [9.17, 15) is 18.3 Å².